The molecule has 0 aliphatic heterocycles. The van der Waals surface area contributed by atoms with E-state index >= 15 is 0 Å². The molecule has 0 fully saturated rings. The number of nitrogen functional groups attached to an aromatic ring is 1. The SMILES string of the molecule is CC(C)(C)C(NC(=O)O)c1ccc(N)cc1. The van der Waals surface area contributed by atoms with Gasteiger partial charge < -0.3 is 16.2 Å². The Kier molecular flexibility index (Phi) is 3.42. The van der Waals surface area contributed by atoms with Gasteiger partial charge in [-0.05, 0) is 23.1 Å². The summed E-state index contributed by atoms with van der Waals surface area (Å²) < 4.78 is 0. The highest BCUT2D eigenvalue weighted by Crippen LogP contribution is 2.32. The van der Waals surface area contributed by atoms with Gasteiger partial charge >= 0.3 is 6.09 Å². The topological polar surface area (TPSA) is 75.3 Å². The second-order valence-corrected chi connectivity index (χ2v) is 4.92. The first-order valence-electron chi connectivity index (χ1n) is 5.15. The number of nitrogens with two attached hydrogens (primary N) is 1. The zero-order chi connectivity index (χ0) is 12.3. The van der Waals surface area contributed by atoms with E-state index in [0.717, 1.165) is 5.56 Å². The fourth-order valence-electron chi connectivity index (χ4n) is 1.61. The Bertz CT molecular complexity index is 366. The molecule has 16 heavy (non-hydrogen) atoms. The summed E-state index contributed by atoms with van der Waals surface area (Å²) in [5.41, 5.74) is 7.01. The molecule has 1 amide bonds. The number of hydrogen-bond acceptors (Lipinski definition) is 2. The predicted molar refractivity (Wildman–Crippen MR) is 64.2 cm³/mol. The maximum absolute atomic E-state index is 10.8. The summed E-state index contributed by atoms with van der Waals surface area (Å²) in [5, 5.41) is 11.4. The first-order valence-corrected chi connectivity index (χ1v) is 5.15. The molecular weight excluding hydrogens is 204 g/mol. The molecule has 88 valence electrons. The Labute approximate surface area is 95.5 Å². The third-order valence-electron chi connectivity index (χ3n) is 2.40. The lowest BCUT2D eigenvalue weighted by atomic mass is 9.82. The van der Waals surface area contributed by atoms with Crippen molar-refractivity contribution < 1.29 is 9.90 Å². The normalized spacial score (nSPS) is 13.2. The molecule has 1 unspecified atom stereocenters. The van der Waals surface area contributed by atoms with Gasteiger partial charge in [0.05, 0.1) is 6.04 Å². The van der Waals surface area contributed by atoms with Gasteiger partial charge in [0.2, 0.25) is 0 Å². The molecule has 4 N–H and O–H groups in total. The molecule has 1 aromatic carbocycles. The fraction of sp³-hybridized carbons (Fsp3) is 0.417. The molecule has 0 spiro atoms. The minimum absolute atomic E-state index is 0.186. The van der Waals surface area contributed by atoms with Gasteiger partial charge in [0, 0.05) is 5.69 Å². The van der Waals surface area contributed by atoms with Gasteiger partial charge in [0.25, 0.3) is 0 Å². The number of carboxylic acid groups (broad SMARTS) is 1. The molecule has 4 heteroatoms. The molecule has 1 aromatic rings. The minimum atomic E-state index is -1.02. The quantitative estimate of drug-likeness (QED) is 0.673. The zero-order valence-corrected chi connectivity index (χ0v) is 9.82. The van der Waals surface area contributed by atoms with Crippen LogP contribution in [0.4, 0.5) is 10.5 Å². The highest BCUT2D eigenvalue weighted by molar-refractivity contribution is 5.65. The van der Waals surface area contributed by atoms with Crippen LogP contribution < -0.4 is 11.1 Å². The van der Waals surface area contributed by atoms with E-state index in [4.69, 9.17) is 10.8 Å². The third-order valence-corrected chi connectivity index (χ3v) is 2.40. The van der Waals surface area contributed by atoms with E-state index in [1.54, 1.807) is 12.1 Å². The van der Waals surface area contributed by atoms with E-state index in [0.29, 0.717) is 5.69 Å². The number of nitrogens with one attached hydrogen (secondary N) is 1. The lowest BCUT2D eigenvalue weighted by molar-refractivity contribution is 0.175. The Balaban J connectivity index is 3.01. The van der Waals surface area contributed by atoms with Crippen molar-refractivity contribution in [1.29, 1.82) is 0 Å². The summed E-state index contributed by atoms with van der Waals surface area (Å²) in [6, 6.07) is 7.00. The monoisotopic (exact) mass is 222 g/mol. The summed E-state index contributed by atoms with van der Waals surface area (Å²) in [4.78, 5) is 10.8. The molecule has 0 aliphatic rings. The number of rotatable bonds is 2. The van der Waals surface area contributed by atoms with Crippen LogP contribution in [-0.4, -0.2) is 11.2 Å². The number of hydrogen-bond donors (Lipinski definition) is 3. The van der Waals surface area contributed by atoms with Crippen molar-refractivity contribution in [3.05, 3.63) is 29.8 Å². The van der Waals surface area contributed by atoms with Crippen LogP contribution in [-0.2, 0) is 0 Å². The molecule has 1 rings (SSSR count). The van der Waals surface area contributed by atoms with Crippen molar-refractivity contribution in [2.45, 2.75) is 26.8 Å². The van der Waals surface area contributed by atoms with Crippen molar-refractivity contribution >= 4 is 11.8 Å². The molecule has 0 saturated carbocycles. The van der Waals surface area contributed by atoms with Gasteiger partial charge in [-0.15, -0.1) is 0 Å². The van der Waals surface area contributed by atoms with E-state index in [-0.39, 0.29) is 11.5 Å². The minimum Gasteiger partial charge on any atom is -0.465 e. The predicted octanol–water partition coefficient (Wildman–Crippen LogP) is 2.62. The maximum Gasteiger partial charge on any atom is 0.405 e. The summed E-state index contributed by atoms with van der Waals surface area (Å²) >= 11 is 0. The summed E-state index contributed by atoms with van der Waals surface area (Å²) in [6.07, 6.45) is -1.02. The zero-order valence-electron chi connectivity index (χ0n) is 9.82. The standard InChI is InChI=1S/C12H18N2O2/c1-12(2,3)10(14-11(15)16)8-4-6-9(13)7-5-8/h4-7,10,14H,13H2,1-3H3,(H,15,16). The van der Waals surface area contributed by atoms with E-state index in [9.17, 15) is 4.79 Å². The van der Waals surface area contributed by atoms with Crippen LogP contribution in [0.15, 0.2) is 24.3 Å². The summed E-state index contributed by atoms with van der Waals surface area (Å²) in [6.45, 7) is 5.97. The molecule has 0 saturated heterocycles. The van der Waals surface area contributed by atoms with Crippen molar-refractivity contribution in [1.82, 2.24) is 5.32 Å². The van der Waals surface area contributed by atoms with Crippen molar-refractivity contribution in [3.8, 4) is 0 Å². The van der Waals surface area contributed by atoms with E-state index in [1.807, 2.05) is 32.9 Å². The van der Waals surface area contributed by atoms with E-state index in [2.05, 4.69) is 5.32 Å². The lowest BCUT2D eigenvalue weighted by Crippen LogP contribution is -2.35. The number of amides is 1. The third kappa shape index (κ3) is 3.15. The molecule has 0 heterocycles. The molecule has 0 aromatic heterocycles. The van der Waals surface area contributed by atoms with Gasteiger partial charge in [0.1, 0.15) is 0 Å². The number of benzene rings is 1. The smallest absolute Gasteiger partial charge is 0.405 e. The van der Waals surface area contributed by atoms with Crippen molar-refractivity contribution in [3.63, 3.8) is 0 Å². The Hall–Kier alpha value is -1.71. The summed E-state index contributed by atoms with van der Waals surface area (Å²) in [5.74, 6) is 0. The Morgan fingerprint density at radius 3 is 2.19 bits per heavy atom. The second-order valence-electron chi connectivity index (χ2n) is 4.92. The van der Waals surface area contributed by atoms with Gasteiger partial charge in [-0.2, -0.15) is 0 Å². The van der Waals surface area contributed by atoms with Crippen LogP contribution in [0.3, 0.4) is 0 Å². The lowest BCUT2D eigenvalue weighted by Gasteiger charge is -2.30. The van der Waals surface area contributed by atoms with E-state index in [1.165, 1.54) is 0 Å². The van der Waals surface area contributed by atoms with Crippen LogP contribution >= 0.6 is 0 Å². The van der Waals surface area contributed by atoms with Gasteiger partial charge in [-0.3, -0.25) is 0 Å². The Morgan fingerprint density at radius 1 is 1.31 bits per heavy atom. The highest BCUT2D eigenvalue weighted by atomic mass is 16.4. The molecule has 0 aliphatic carbocycles. The van der Waals surface area contributed by atoms with Gasteiger partial charge in [-0.25, -0.2) is 4.79 Å². The summed E-state index contributed by atoms with van der Waals surface area (Å²) in [7, 11) is 0. The number of carbonyl (C=O) groups is 1. The van der Waals surface area contributed by atoms with E-state index < -0.39 is 6.09 Å². The first kappa shape index (κ1) is 12.4. The first-order chi connectivity index (χ1) is 7.30. The van der Waals surface area contributed by atoms with Crippen molar-refractivity contribution in [2.75, 3.05) is 5.73 Å². The van der Waals surface area contributed by atoms with Gasteiger partial charge in [0.15, 0.2) is 0 Å². The molecule has 1 atom stereocenters. The van der Waals surface area contributed by atoms with Gasteiger partial charge in [-0.1, -0.05) is 32.9 Å². The van der Waals surface area contributed by atoms with Crippen LogP contribution in [0.1, 0.15) is 32.4 Å². The molecule has 0 bridgehead atoms. The van der Waals surface area contributed by atoms with Crippen LogP contribution in [0.5, 0.6) is 0 Å². The van der Waals surface area contributed by atoms with Crippen LogP contribution in [0.25, 0.3) is 0 Å². The van der Waals surface area contributed by atoms with Crippen molar-refractivity contribution in [2.24, 2.45) is 5.41 Å². The molecule has 4 nitrogen and oxygen atoms in total. The highest BCUT2D eigenvalue weighted by Gasteiger charge is 2.27. The fourth-order valence-corrected chi connectivity index (χ4v) is 1.61. The Morgan fingerprint density at radius 2 is 1.81 bits per heavy atom. The van der Waals surface area contributed by atoms with Crippen LogP contribution in [0, 0.1) is 5.41 Å². The average Bonchev–Trinajstić information content (AvgIpc) is 2.14. The molecular formula is C12H18N2O2. The number of anilines is 1. The van der Waals surface area contributed by atoms with Crippen LogP contribution in [0.2, 0.25) is 0 Å². The second kappa shape index (κ2) is 4.43. The largest absolute Gasteiger partial charge is 0.465 e. The maximum atomic E-state index is 10.8. The average molecular weight is 222 g/mol. The molecule has 0 radical (unpaired) electrons.